The third-order valence-electron chi connectivity index (χ3n) is 3.14. The molecule has 0 fully saturated rings. The van der Waals surface area contributed by atoms with Crippen LogP contribution in [0.2, 0.25) is 0 Å². The maximum atomic E-state index is 11.8. The van der Waals surface area contributed by atoms with Gasteiger partial charge in [0.15, 0.2) is 5.76 Å². The summed E-state index contributed by atoms with van der Waals surface area (Å²) in [5.41, 5.74) is 1.36. The Hall–Kier alpha value is -2.72. The highest BCUT2D eigenvalue weighted by molar-refractivity contribution is 7.88. The number of nitrogens with one attached hydrogen (secondary N) is 2. The van der Waals surface area contributed by atoms with Gasteiger partial charge in [0.2, 0.25) is 10.0 Å². The Morgan fingerprint density at radius 1 is 1.17 bits per heavy atom. The van der Waals surface area contributed by atoms with Gasteiger partial charge < -0.3 is 9.73 Å². The van der Waals surface area contributed by atoms with Crippen LogP contribution in [-0.4, -0.2) is 26.3 Å². The van der Waals surface area contributed by atoms with Crippen molar-refractivity contribution < 1.29 is 22.6 Å². The van der Waals surface area contributed by atoms with Crippen molar-refractivity contribution in [1.29, 1.82) is 0 Å². The molecule has 0 radical (unpaired) electrons. The zero-order chi connectivity index (χ0) is 17.7. The molecular weight excluding hydrogens is 338 g/mol. The second kappa shape index (κ2) is 7.23. The van der Waals surface area contributed by atoms with Gasteiger partial charge in [-0.15, -0.1) is 0 Å². The van der Waals surface area contributed by atoms with Crippen molar-refractivity contribution in [2.75, 3.05) is 7.05 Å². The van der Waals surface area contributed by atoms with Gasteiger partial charge in [-0.25, -0.2) is 13.1 Å². The molecule has 1 aromatic heterocycles. The van der Waals surface area contributed by atoms with Crippen LogP contribution in [0.4, 0.5) is 5.88 Å². The number of nitro groups is 1. The molecule has 24 heavy (non-hydrogen) atoms. The van der Waals surface area contributed by atoms with Gasteiger partial charge in [-0.1, -0.05) is 24.3 Å². The van der Waals surface area contributed by atoms with Crippen LogP contribution in [-0.2, 0) is 22.3 Å². The van der Waals surface area contributed by atoms with E-state index in [9.17, 15) is 23.3 Å². The average Bonchev–Trinajstić information content (AvgIpc) is 3.04. The third kappa shape index (κ3) is 4.64. The summed E-state index contributed by atoms with van der Waals surface area (Å²) in [6, 6.07) is 8.99. The van der Waals surface area contributed by atoms with Gasteiger partial charge in [0.1, 0.15) is 4.92 Å². The van der Waals surface area contributed by atoms with Gasteiger partial charge >= 0.3 is 5.88 Å². The molecule has 128 valence electrons. The maximum absolute atomic E-state index is 11.8. The van der Waals surface area contributed by atoms with Crippen LogP contribution in [0, 0.1) is 10.1 Å². The minimum absolute atomic E-state index is 0.133. The molecule has 0 saturated heterocycles. The fourth-order valence-electron chi connectivity index (χ4n) is 1.86. The molecule has 0 spiro atoms. The minimum atomic E-state index is -3.34. The molecule has 1 aromatic carbocycles. The van der Waals surface area contributed by atoms with Crippen molar-refractivity contribution in [1.82, 2.24) is 10.0 Å². The van der Waals surface area contributed by atoms with Gasteiger partial charge in [-0.2, -0.15) is 0 Å². The molecule has 2 aromatic rings. The van der Waals surface area contributed by atoms with Crippen LogP contribution < -0.4 is 10.0 Å². The molecular formula is C14H15N3O6S. The zero-order valence-electron chi connectivity index (χ0n) is 12.7. The number of furan rings is 1. The summed E-state index contributed by atoms with van der Waals surface area (Å²) in [5.74, 6) is -1.37. The standard InChI is InChI=1S/C14H15N3O6S/c1-15-24(21,22)9-11-4-2-10(3-5-11)8-16-14(18)12-6-7-13(23-12)17(19)20/h2-7,15H,8-9H2,1H3,(H,16,18). The summed E-state index contributed by atoms with van der Waals surface area (Å²) in [4.78, 5) is 21.6. The van der Waals surface area contributed by atoms with Gasteiger partial charge in [-0.05, 0) is 24.2 Å². The molecule has 1 amide bonds. The van der Waals surface area contributed by atoms with Crippen LogP contribution in [0.3, 0.4) is 0 Å². The number of hydrogen-bond acceptors (Lipinski definition) is 6. The van der Waals surface area contributed by atoms with Crippen molar-refractivity contribution in [3.63, 3.8) is 0 Å². The lowest BCUT2D eigenvalue weighted by atomic mass is 10.1. The maximum Gasteiger partial charge on any atom is 0.433 e. The molecule has 0 saturated carbocycles. The fourth-order valence-corrected chi connectivity index (χ4v) is 2.64. The molecule has 1 heterocycles. The smallest absolute Gasteiger partial charge is 0.395 e. The van der Waals surface area contributed by atoms with E-state index >= 15 is 0 Å². The highest BCUT2D eigenvalue weighted by Gasteiger charge is 2.17. The predicted octanol–water partition coefficient (Wildman–Crippen LogP) is 1.17. The molecule has 10 heteroatoms. The highest BCUT2D eigenvalue weighted by Crippen LogP contribution is 2.15. The molecule has 2 N–H and O–H groups in total. The van der Waals surface area contributed by atoms with Crippen LogP contribution in [0.15, 0.2) is 40.8 Å². The Morgan fingerprint density at radius 3 is 2.33 bits per heavy atom. The summed E-state index contributed by atoms with van der Waals surface area (Å²) in [6.07, 6.45) is 0. The van der Waals surface area contributed by atoms with Crippen LogP contribution >= 0.6 is 0 Å². The first kappa shape index (κ1) is 17.6. The molecule has 0 unspecified atom stereocenters. The molecule has 2 rings (SSSR count). The molecule has 0 atom stereocenters. The lowest BCUT2D eigenvalue weighted by Gasteiger charge is -2.06. The molecule has 0 aliphatic heterocycles. The third-order valence-corrected chi connectivity index (χ3v) is 4.47. The van der Waals surface area contributed by atoms with Gasteiger partial charge in [0, 0.05) is 6.54 Å². The number of sulfonamides is 1. The van der Waals surface area contributed by atoms with Crippen molar-refractivity contribution >= 4 is 21.8 Å². The van der Waals surface area contributed by atoms with E-state index in [1.165, 1.54) is 13.1 Å². The molecule has 0 bridgehead atoms. The van der Waals surface area contributed by atoms with Crippen LogP contribution in [0.25, 0.3) is 0 Å². The van der Waals surface area contributed by atoms with Crippen molar-refractivity contribution in [3.05, 3.63) is 63.4 Å². The molecule has 0 aliphatic rings. The first-order valence-corrected chi connectivity index (χ1v) is 8.47. The van der Waals surface area contributed by atoms with E-state index in [1.54, 1.807) is 24.3 Å². The Morgan fingerprint density at radius 2 is 1.79 bits per heavy atom. The van der Waals surface area contributed by atoms with Gasteiger partial charge in [0.25, 0.3) is 5.91 Å². The van der Waals surface area contributed by atoms with Gasteiger partial charge in [0.05, 0.1) is 11.8 Å². The lowest BCUT2D eigenvalue weighted by Crippen LogP contribution is -2.22. The van der Waals surface area contributed by atoms with Gasteiger partial charge in [-0.3, -0.25) is 14.9 Å². The summed E-state index contributed by atoms with van der Waals surface area (Å²) < 4.78 is 29.9. The summed E-state index contributed by atoms with van der Waals surface area (Å²) in [6.45, 7) is 0.173. The minimum Gasteiger partial charge on any atom is -0.395 e. The van der Waals surface area contributed by atoms with Crippen molar-refractivity contribution in [2.45, 2.75) is 12.3 Å². The summed E-state index contributed by atoms with van der Waals surface area (Å²) in [7, 11) is -1.99. The normalized spacial score (nSPS) is 11.2. The van der Waals surface area contributed by atoms with E-state index in [-0.39, 0.29) is 18.1 Å². The number of benzene rings is 1. The first-order valence-electron chi connectivity index (χ1n) is 6.82. The summed E-state index contributed by atoms with van der Waals surface area (Å²) >= 11 is 0. The summed E-state index contributed by atoms with van der Waals surface area (Å²) in [5, 5.41) is 13.1. The highest BCUT2D eigenvalue weighted by atomic mass is 32.2. The van der Waals surface area contributed by atoms with E-state index in [0.29, 0.717) is 5.56 Å². The quantitative estimate of drug-likeness (QED) is 0.567. The largest absolute Gasteiger partial charge is 0.433 e. The Bertz CT molecular complexity index is 842. The predicted molar refractivity (Wildman–Crippen MR) is 84.7 cm³/mol. The fraction of sp³-hybridized carbons (Fsp3) is 0.214. The zero-order valence-corrected chi connectivity index (χ0v) is 13.5. The Balaban J connectivity index is 1.94. The Labute approximate surface area is 137 Å². The number of nitrogens with zero attached hydrogens (tertiary/aromatic N) is 1. The van der Waals surface area contributed by atoms with E-state index in [4.69, 9.17) is 4.42 Å². The first-order chi connectivity index (χ1) is 11.3. The van der Waals surface area contributed by atoms with E-state index in [1.807, 2.05) is 0 Å². The topological polar surface area (TPSA) is 132 Å². The van der Waals surface area contributed by atoms with E-state index in [0.717, 1.165) is 11.6 Å². The second-order valence-electron chi connectivity index (χ2n) is 4.86. The number of amides is 1. The van der Waals surface area contributed by atoms with Crippen LogP contribution in [0.1, 0.15) is 21.7 Å². The number of carbonyl (C=O) groups is 1. The lowest BCUT2D eigenvalue weighted by molar-refractivity contribution is -0.402. The number of carbonyl (C=O) groups excluding carboxylic acids is 1. The van der Waals surface area contributed by atoms with E-state index in [2.05, 4.69) is 10.0 Å². The number of hydrogen-bond donors (Lipinski definition) is 2. The Kier molecular flexibility index (Phi) is 5.31. The monoisotopic (exact) mass is 353 g/mol. The van der Waals surface area contributed by atoms with Crippen LogP contribution in [0.5, 0.6) is 0 Å². The number of rotatable bonds is 7. The van der Waals surface area contributed by atoms with Crippen molar-refractivity contribution in [2.24, 2.45) is 0 Å². The second-order valence-corrected chi connectivity index (χ2v) is 6.78. The molecule has 9 nitrogen and oxygen atoms in total. The molecule has 0 aliphatic carbocycles. The van der Waals surface area contributed by atoms with E-state index < -0.39 is 26.7 Å². The average molecular weight is 353 g/mol. The SMILES string of the molecule is CNS(=O)(=O)Cc1ccc(CNC(=O)c2ccc([N+](=O)[O-])o2)cc1. The van der Waals surface area contributed by atoms with Crippen molar-refractivity contribution in [3.8, 4) is 0 Å².